The third-order valence-corrected chi connectivity index (χ3v) is 9.27. The molecule has 3 aromatic carbocycles. The molecule has 2 aliphatic rings. The number of nitrogens with one attached hydrogen (secondary N) is 2. The molecule has 222 valence electrons. The molecule has 42 heavy (non-hydrogen) atoms. The van der Waals surface area contributed by atoms with Gasteiger partial charge in [-0.05, 0) is 80.5 Å². The van der Waals surface area contributed by atoms with E-state index < -0.39 is 15.9 Å². The summed E-state index contributed by atoms with van der Waals surface area (Å²) < 4.78 is 41.8. The number of sulfonamides is 1. The first-order chi connectivity index (χ1) is 20.3. The lowest BCUT2D eigenvalue weighted by atomic mass is 9.88. The molecule has 1 atom stereocenters. The van der Waals surface area contributed by atoms with Crippen LogP contribution in [0, 0.1) is 5.92 Å². The Morgan fingerprint density at radius 1 is 0.952 bits per heavy atom. The number of hydrogen-bond donors (Lipinski definition) is 2. The van der Waals surface area contributed by atoms with E-state index in [-0.39, 0.29) is 29.4 Å². The van der Waals surface area contributed by atoms with Crippen LogP contribution in [0.5, 0.6) is 5.75 Å². The molecule has 1 amide bonds. The van der Waals surface area contributed by atoms with Gasteiger partial charge in [-0.25, -0.2) is 13.1 Å². The Labute approximate surface area is 247 Å². The van der Waals surface area contributed by atoms with Crippen molar-refractivity contribution in [1.82, 2.24) is 4.72 Å². The van der Waals surface area contributed by atoms with E-state index >= 15 is 0 Å². The predicted octanol–water partition coefficient (Wildman–Crippen LogP) is 4.84. The van der Waals surface area contributed by atoms with Crippen LogP contribution in [0.2, 0.25) is 0 Å². The SMILES string of the molecule is CCOC(=O)C1CCN(c2ccc(NC(=O)COc3ccccc3)cc2S(=O)(=O)NC2CCCc3ccccc32)CC1. The lowest BCUT2D eigenvalue weighted by molar-refractivity contribution is -0.148. The Morgan fingerprint density at radius 3 is 2.45 bits per heavy atom. The number of benzene rings is 3. The normalized spacial score (nSPS) is 17.3. The van der Waals surface area contributed by atoms with E-state index in [0.29, 0.717) is 56.1 Å². The zero-order chi connectivity index (χ0) is 29.5. The zero-order valence-corrected chi connectivity index (χ0v) is 24.6. The molecule has 0 spiro atoms. The van der Waals surface area contributed by atoms with Crippen LogP contribution in [0.3, 0.4) is 0 Å². The van der Waals surface area contributed by atoms with Gasteiger partial charge in [0.25, 0.3) is 5.91 Å². The second kappa shape index (κ2) is 13.4. The molecule has 1 saturated heterocycles. The molecule has 3 aromatic rings. The van der Waals surface area contributed by atoms with Crippen molar-refractivity contribution in [2.24, 2.45) is 5.92 Å². The number of aryl methyl sites for hydroxylation is 1. The molecule has 1 fully saturated rings. The average Bonchev–Trinajstić information content (AvgIpc) is 3.01. The van der Waals surface area contributed by atoms with Crippen molar-refractivity contribution in [3.05, 3.63) is 83.9 Å². The number of ether oxygens (including phenoxy) is 2. The number of carbonyl (C=O) groups is 2. The summed E-state index contributed by atoms with van der Waals surface area (Å²) in [4.78, 5) is 27.0. The standard InChI is InChI=1S/C32H37N3O6S/c1-2-40-32(37)24-17-19-35(20-18-24)29-16-15-25(33-31(36)22-41-26-11-4-3-5-12-26)21-30(29)42(38,39)34-28-14-8-10-23-9-6-7-13-27(23)28/h3-7,9,11-13,15-16,21,24,28,34H,2,8,10,14,17-20,22H2,1H3,(H,33,36). The Balaban J connectivity index is 1.38. The fraction of sp³-hybridized carbons (Fsp3) is 0.375. The Hall–Kier alpha value is -3.89. The van der Waals surface area contributed by atoms with Crippen LogP contribution in [0.25, 0.3) is 0 Å². The molecule has 1 heterocycles. The molecule has 2 N–H and O–H groups in total. The maximum absolute atomic E-state index is 14.0. The van der Waals surface area contributed by atoms with Crippen LogP contribution in [-0.2, 0) is 30.8 Å². The number of nitrogens with zero attached hydrogens (tertiary/aromatic N) is 1. The molecule has 0 aromatic heterocycles. The van der Waals surface area contributed by atoms with E-state index in [1.54, 1.807) is 31.2 Å². The average molecular weight is 592 g/mol. The van der Waals surface area contributed by atoms with Crippen molar-refractivity contribution in [3.8, 4) is 5.75 Å². The highest BCUT2D eigenvalue weighted by Gasteiger charge is 2.32. The molecule has 0 radical (unpaired) electrons. The van der Waals surface area contributed by atoms with Crippen molar-refractivity contribution in [2.45, 2.75) is 50.0 Å². The number of carbonyl (C=O) groups excluding carboxylic acids is 2. The first-order valence-corrected chi connectivity index (χ1v) is 16.0. The third-order valence-electron chi connectivity index (χ3n) is 7.77. The molecule has 9 nitrogen and oxygen atoms in total. The summed E-state index contributed by atoms with van der Waals surface area (Å²) in [5.74, 6) is -0.256. The van der Waals surface area contributed by atoms with Gasteiger partial charge in [-0.15, -0.1) is 0 Å². The second-order valence-corrected chi connectivity index (χ2v) is 12.3. The molecular formula is C32H37N3O6S. The summed E-state index contributed by atoms with van der Waals surface area (Å²) in [5, 5.41) is 2.77. The third kappa shape index (κ3) is 7.11. The molecule has 0 bridgehead atoms. The molecule has 1 aliphatic carbocycles. The number of para-hydroxylation sites is 1. The van der Waals surface area contributed by atoms with Crippen LogP contribution < -0.4 is 19.7 Å². The van der Waals surface area contributed by atoms with Gasteiger partial charge in [-0.3, -0.25) is 9.59 Å². The Morgan fingerprint density at radius 2 is 1.69 bits per heavy atom. The summed E-state index contributed by atoms with van der Waals surface area (Å²) >= 11 is 0. The lowest BCUT2D eigenvalue weighted by Crippen LogP contribution is -2.38. The number of hydrogen-bond acceptors (Lipinski definition) is 7. The van der Waals surface area contributed by atoms with Crippen LogP contribution in [-0.4, -0.2) is 46.6 Å². The monoisotopic (exact) mass is 591 g/mol. The van der Waals surface area contributed by atoms with Gasteiger partial charge >= 0.3 is 5.97 Å². The van der Waals surface area contributed by atoms with Crippen LogP contribution >= 0.6 is 0 Å². The summed E-state index contributed by atoms with van der Waals surface area (Å²) in [6.45, 7) is 2.92. The maximum atomic E-state index is 14.0. The largest absolute Gasteiger partial charge is 0.484 e. The molecule has 0 saturated carbocycles. The highest BCUT2D eigenvalue weighted by Crippen LogP contribution is 2.35. The first kappa shape index (κ1) is 29.6. The van der Waals surface area contributed by atoms with Gasteiger partial charge in [0.15, 0.2) is 6.61 Å². The van der Waals surface area contributed by atoms with Gasteiger partial charge < -0.3 is 19.7 Å². The summed E-state index contributed by atoms with van der Waals surface area (Å²) in [7, 11) is -4.00. The quantitative estimate of drug-likeness (QED) is 0.325. The highest BCUT2D eigenvalue weighted by atomic mass is 32.2. The van der Waals surface area contributed by atoms with Crippen molar-refractivity contribution >= 4 is 33.3 Å². The van der Waals surface area contributed by atoms with Gasteiger partial charge in [0.1, 0.15) is 10.6 Å². The smallest absolute Gasteiger partial charge is 0.309 e. The Bertz CT molecular complexity index is 1500. The number of anilines is 2. The van der Waals surface area contributed by atoms with Gasteiger partial charge in [-0.1, -0.05) is 42.5 Å². The summed E-state index contributed by atoms with van der Waals surface area (Å²) in [6, 6.07) is 21.5. The highest BCUT2D eigenvalue weighted by molar-refractivity contribution is 7.89. The van der Waals surface area contributed by atoms with Crippen LogP contribution in [0.1, 0.15) is 49.8 Å². The number of fused-ring (bicyclic) bond motifs is 1. The minimum absolute atomic E-state index is 0.0851. The van der Waals surface area contributed by atoms with Gasteiger partial charge in [0, 0.05) is 24.8 Å². The second-order valence-electron chi connectivity index (χ2n) is 10.6. The lowest BCUT2D eigenvalue weighted by Gasteiger charge is -2.34. The van der Waals surface area contributed by atoms with E-state index in [9.17, 15) is 18.0 Å². The number of esters is 1. The van der Waals surface area contributed by atoms with E-state index in [1.165, 1.54) is 6.07 Å². The van der Waals surface area contributed by atoms with Crippen molar-refractivity contribution in [1.29, 1.82) is 0 Å². The van der Waals surface area contributed by atoms with Gasteiger partial charge in [0.2, 0.25) is 10.0 Å². The topological polar surface area (TPSA) is 114 Å². The minimum atomic E-state index is -4.00. The van der Waals surface area contributed by atoms with E-state index in [0.717, 1.165) is 24.0 Å². The van der Waals surface area contributed by atoms with Crippen molar-refractivity contribution in [2.75, 3.05) is 36.5 Å². The van der Waals surface area contributed by atoms with E-state index in [4.69, 9.17) is 9.47 Å². The van der Waals surface area contributed by atoms with Crippen molar-refractivity contribution < 1.29 is 27.5 Å². The number of amides is 1. The van der Waals surface area contributed by atoms with E-state index in [1.807, 2.05) is 47.4 Å². The number of rotatable bonds is 10. The summed E-state index contributed by atoms with van der Waals surface area (Å²) in [5.41, 5.74) is 3.03. The molecule has 10 heteroatoms. The van der Waals surface area contributed by atoms with Crippen molar-refractivity contribution in [3.63, 3.8) is 0 Å². The van der Waals surface area contributed by atoms with E-state index in [2.05, 4.69) is 10.0 Å². The van der Waals surface area contributed by atoms with Gasteiger partial charge in [0.05, 0.1) is 18.2 Å². The fourth-order valence-electron chi connectivity index (χ4n) is 5.67. The zero-order valence-electron chi connectivity index (χ0n) is 23.8. The first-order valence-electron chi connectivity index (χ1n) is 14.5. The number of piperidine rings is 1. The molecule has 5 rings (SSSR count). The maximum Gasteiger partial charge on any atom is 0.309 e. The fourth-order valence-corrected chi connectivity index (χ4v) is 7.18. The minimum Gasteiger partial charge on any atom is -0.484 e. The molecule has 1 aliphatic heterocycles. The van der Waals surface area contributed by atoms with Crippen LogP contribution in [0.15, 0.2) is 77.7 Å². The predicted molar refractivity (Wildman–Crippen MR) is 161 cm³/mol. The van der Waals surface area contributed by atoms with Gasteiger partial charge in [-0.2, -0.15) is 0 Å². The summed E-state index contributed by atoms with van der Waals surface area (Å²) in [6.07, 6.45) is 3.63. The Kier molecular flexibility index (Phi) is 9.44. The molecule has 1 unspecified atom stereocenters. The molecular weight excluding hydrogens is 554 g/mol. The van der Waals surface area contributed by atoms with Crippen LogP contribution in [0.4, 0.5) is 11.4 Å².